The molecule has 0 bridgehead atoms. The minimum Gasteiger partial charge on any atom is -0.331 e. The van der Waals surface area contributed by atoms with E-state index in [-0.39, 0.29) is 6.03 Å². The molecule has 0 atom stereocenters. The number of urea groups is 1. The summed E-state index contributed by atoms with van der Waals surface area (Å²) >= 11 is 0. The van der Waals surface area contributed by atoms with Gasteiger partial charge in [0.2, 0.25) is 5.91 Å². The summed E-state index contributed by atoms with van der Waals surface area (Å²) in [7, 11) is -0.190. The first-order chi connectivity index (χ1) is 14.3. The lowest BCUT2D eigenvalue weighted by Gasteiger charge is -2.33. The van der Waals surface area contributed by atoms with Crippen LogP contribution in [0.2, 0.25) is 0 Å². The predicted octanol–water partition coefficient (Wildman–Crippen LogP) is 2.16. The van der Waals surface area contributed by atoms with Crippen molar-refractivity contribution in [2.75, 3.05) is 38.3 Å². The van der Waals surface area contributed by atoms with Crippen molar-refractivity contribution in [3.05, 3.63) is 28.3 Å². The highest BCUT2D eigenvalue weighted by molar-refractivity contribution is 7.92. The fourth-order valence-electron chi connectivity index (χ4n) is 5.13. The van der Waals surface area contributed by atoms with Crippen molar-refractivity contribution in [1.29, 1.82) is 0 Å². The highest BCUT2D eigenvalue weighted by atomic mass is 32.2. The second-order valence-corrected chi connectivity index (χ2v) is 11.2. The van der Waals surface area contributed by atoms with Crippen LogP contribution in [0.1, 0.15) is 47.9 Å². The van der Waals surface area contributed by atoms with Gasteiger partial charge in [-0.25, -0.2) is 13.2 Å². The fraction of sp³-hybridized carbons (Fsp3) is 0.636. The van der Waals surface area contributed by atoms with Gasteiger partial charge in [0.1, 0.15) is 5.75 Å². The SMILES string of the molecule is CN(C)C(=O)N1CCC(S(=O)(=O)CC(=O)Nc2c3c(cc4c2CCC4)CCC3)CC1. The van der Waals surface area contributed by atoms with Crippen LogP contribution < -0.4 is 5.32 Å². The van der Waals surface area contributed by atoms with E-state index in [0.717, 1.165) is 44.2 Å². The average Bonchev–Trinajstić information content (AvgIpc) is 3.36. The zero-order chi connectivity index (χ0) is 21.5. The van der Waals surface area contributed by atoms with Gasteiger partial charge in [-0.1, -0.05) is 6.07 Å². The van der Waals surface area contributed by atoms with Crippen molar-refractivity contribution in [1.82, 2.24) is 9.80 Å². The number of piperidine rings is 1. The number of carbonyl (C=O) groups excluding carboxylic acids is 2. The van der Waals surface area contributed by atoms with E-state index in [0.29, 0.717) is 25.9 Å². The van der Waals surface area contributed by atoms with E-state index in [1.807, 2.05) is 0 Å². The largest absolute Gasteiger partial charge is 0.331 e. The summed E-state index contributed by atoms with van der Waals surface area (Å²) in [6.07, 6.45) is 6.90. The van der Waals surface area contributed by atoms with Crippen LogP contribution in [0, 0.1) is 0 Å². The van der Waals surface area contributed by atoms with E-state index >= 15 is 0 Å². The molecule has 0 aromatic heterocycles. The summed E-state index contributed by atoms with van der Waals surface area (Å²) in [6.45, 7) is 0.810. The predicted molar refractivity (Wildman–Crippen MR) is 117 cm³/mol. The van der Waals surface area contributed by atoms with Gasteiger partial charge in [-0.05, 0) is 73.6 Å². The highest BCUT2D eigenvalue weighted by Crippen LogP contribution is 2.38. The van der Waals surface area contributed by atoms with Gasteiger partial charge >= 0.3 is 6.03 Å². The van der Waals surface area contributed by atoms with Crippen molar-refractivity contribution in [3.8, 4) is 0 Å². The molecule has 1 fully saturated rings. The molecule has 7 nitrogen and oxygen atoms in total. The number of amides is 3. The van der Waals surface area contributed by atoms with Crippen LogP contribution in [0.4, 0.5) is 10.5 Å². The number of nitrogens with zero attached hydrogens (tertiary/aromatic N) is 2. The second-order valence-electron chi connectivity index (χ2n) is 8.95. The van der Waals surface area contributed by atoms with Gasteiger partial charge in [0, 0.05) is 32.9 Å². The molecule has 1 aromatic rings. The van der Waals surface area contributed by atoms with E-state index in [1.165, 1.54) is 27.2 Å². The Labute approximate surface area is 178 Å². The first-order valence-corrected chi connectivity index (χ1v) is 12.6. The molecule has 4 rings (SSSR count). The fourth-order valence-corrected chi connectivity index (χ4v) is 6.73. The van der Waals surface area contributed by atoms with Crippen LogP contribution in [0.5, 0.6) is 0 Å². The van der Waals surface area contributed by atoms with Crippen LogP contribution in [0.15, 0.2) is 6.07 Å². The van der Waals surface area contributed by atoms with E-state index in [9.17, 15) is 18.0 Å². The summed E-state index contributed by atoms with van der Waals surface area (Å²) in [6, 6.07) is 2.19. The van der Waals surface area contributed by atoms with Gasteiger partial charge in [0.15, 0.2) is 9.84 Å². The lowest BCUT2D eigenvalue weighted by atomic mass is 9.98. The number of aryl methyl sites for hydroxylation is 2. The number of benzene rings is 1. The second kappa shape index (κ2) is 8.21. The van der Waals surface area contributed by atoms with E-state index in [4.69, 9.17) is 0 Å². The maximum absolute atomic E-state index is 12.9. The van der Waals surface area contributed by atoms with Gasteiger partial charge < -0.3 is 15.1 Å². The molecule has 3 amide bonds. The van der Waals surface area contributed by atoms with Gasteiger partial charge in [-0.15, -0.1) is 0 Å². The molecule has 2 aliphatic carbocycles. The van der Waals surface area contributed by atoms with Crippen molar-refractivity contribution in [2.45, 2.75) is 56.6 Å². The highest BCUT2D eigenvalue weighted by Gasteiger charge is 2.34. The van der Waals surface area contributed by atoms with Gasteiger partial charge in [-0.2, -0.15) is 0 Å². The Morgan fingerprint density at radius 1 is 1.03 bits per heavy atom. The molecule has 0 spiro atoms. The third-order valence-corrected chi connectivity index (χ3v) is 8.82. The minimum atomic E-state index is -3.56. The Balaban J connectivity index is 1.42. The monoisotopic (exact) mass is 433 g/mol. The van der Waals surface area contributed by atoms with E-state index < -0.39 is 26.7 Å². The number of likely N-dealkylation sites (tertiary alicyclic amines) is 1. The lowest BCUT2D eigenvalue weighted by molar-refractivity contribution is -0.113. The molecule has 8 heteroatoms. The molecule has 0 unspecified atom stereocenters. The number of carbonyl (C=O) groups is 2. The van der Waals surface area contributed by atoms with Crippen molar-refractivity contribution >= 4 is 27.5 Å². The molecule has 1 aromatic carbocycles. The molecule has 164 valence electrons. The third kappa shape index (κ3) is 4.06. The smallest absolute Gasteiger partial charge is 0.319 e. The number of nitrogens with one attached hydrogen (secondary N) is 1. The molecule has 30 heavy (non-hydrogen) atoms. The maximum Gasteiger partial charge on any atom is 0.319 e. The Bertz CT molecular complexity index is 931. The molecule has 3 aliphatic rings. The summed E-state index contributed by atoms with van der Waals surface area (Å²) in [5, 5.41) is 2.42. The summed E-state index contributed by atoms with van der Waals surface area (Å²) < 4.78 is 25.8. The molecular weight excluding hydrogens is 402 g/mol. The number of rotatable bonds is 4. The van der Waals surface area contributed by atoms with Crippen LogP contribution >= 0.6 is 0 Å². The molecule has 0 saturated carbocycles. The van der Waals surface area contributed by atoms with Crippen molar-refractivity contribution in [3.63, 3.8) is 0 Å². The van der Waals surface area contributed by atoms with Crippen LogP contribution in [0.3, 0.4) is 0 Å². The third-order valence-electron chi connectivity index (χ3n) is 6.67. The average molecular weight is 434 g/mol. The Morgan fingerprint density at radius 2 is 1.60 bits per heavy atom. The minimum absolute atomic E-state index is 0.102. The van der Waals surface area contributed by atoms with Crippen LogP contribution in [-0.4, -0.2) is 68.3 Å². The number of sulfone groups is 1. The van der Waals surface area contributed by atoms with Crippen LogP contribution in [0.25, 0.3) is 0 Å². The zero-order valence-corrected chi connectivity index (χ0v) is 18.7. The quantitative estimate of drug-likeness (QED) is 0.788. The number of anilines is 1. The Kier molecular flexibility index (Phi) is 5.79. The normalized spacial score (nSPS) is 18.8. The van der Waals surface area contributed by atoms with Crippen molar-refractivity contribution < 1.29 is 18.0 Å². The molecule has 1 aliphatic heterocycles. The summed E-state index contributed by atoms with van der Waals surface area (Å²) in [5.74, 6) is -0.922. The number of hydrogen-bond acceptors (Lipinski definition) is 4. The number of hydrogen-bond donors (Lipinski definition) is 1. The first-order valence-electron chi connectivity index (χ1n) is 10.9. The zero-order valence-electron chi connectivity index (χ0n) is 17.9. The molecule has 0 radical (unpaired) electrons. The Morgan fingerprint density at radius 3 is 2.13 bits per heavy atom. The maximum atomic E-state index is 12.9. The molecular formula is C22H31N3O4S. The molecule has 1 N–H and O–H groups in total. The number of fused-ring (bicyclic) bond motifs is 2. The lowest BCUT2D eigenvalue weighted by Crippen LogP contribution is -2.47. The van der Waals surface area contributed by atoms with Gasteiger partial charge in [0.25, 0.3) is 0 Å². The van der Waals surface area contributed by atoms with Gasteiger partial charge in [-0.3, -0.25) is 4.79 Å². The molecule has 1 heterocycles. The van der Waals surface area contributed by atoms with E-state index in [2.05, 4.69) is 11.4 Å². The van der Waals surface area contributed by atoms with E-state index in [1.54, 1.807) is 19.0 Å². The van der Waals surface area contributed by atoms with Gasteiger partial charge in [0.05, 0.1) is 5.25 Å². The first kappa shape index (κ1) is 21.2. The van der Waals surface area contributed by atoms with Crippen molar-refractivity contribution in [2.24, 2.45) is 0 Å². The summed E-state index contributed by atoms with van der Waals surface area (Å²) in [4.78, 5) is 28.0. The standard InChI is InChI=1S/C22H31N3O4S/c1-24(2)22(27)25-11-9-17(10-12-25)30(28,29)14-20(26)23-21-18-7-3-5-15(18)13-16-6-4-8-19(16)21/h13,17H,3-12,14H2,1-2H3,(H,23,26). The Hall–Kier alpha value is -2.09. The van der Waals surface area contributed by atoms with Crippen LogP contribution in [-0.2, 0) is 40.3 Å². The molecule has 1 saturated heterocycles. The topological polar surface area (TPSA) is 86.8 Å². The summed E-state index contributed by atoms with van der Waals surface area (Å²) in [5.41, 5.74) is 5.93.